The normalized spacial score (nSPS) is 14.6. The molecule has 0 heterocycles. The van der Waals surface area contributed by atoms with Crippen LogP contribution < -0.4 is 0 Å². The molecule has 0 atom stereocenters. The van der Waals surface area contributed by atoms with Crippen molar-refractivity contribution in [2.45, 2.75) is 68.6 Å². The third kappa shape index (κ3) is 2.61. The van der Waals surface area contributed by atoms with Crippen molar-refractivity contribution in [1.82, 2.24) is 0 Å². The average Bonchev–Trinajstić information content (AvgIpc) is 1.79. The second kappa shape index (κ2) is 5.24. The molecular formula is C12H27ISn. The third-order valence-corrected chi connectivity index (χ3v) is 32.4. The van der Waals surface area contributed by atoms with E-state index in [1.165, 1.54) is 0 Å². The summed E-state index contributed by atoms with van der Waals surface area (Å²) in [5.74, 6) is 0. The van der Waals surface area contributed by atoms with E-state index in [1.807, 2.05) is 0 Å². The van der Waals surface area contributed by atoms with Crippen molar-refractivity contribution in [3.8, 4) is 0 Å². The topological polar surface area (TPSA) is 0 Å². The van der Waals surface area contributed by atoms with Gasteiger partial charge < -0.3 is 0 Å². The predicted molar refractivity (Wildman–Crippen MR) is 79.1 cm³/mol. The molecular weight excluding hydrogens is 390 g/mol. The van der Waals surface area contributed by atoms with Crippen molar-refractivity contribution >= 4 is 41.0 Å². The summed E-state index contributed by atoms with van der Waals surface area (Å²) in [5.41, 5.74) is 0. The Labute approximate surface area is 109 Å². The molecule has 0 N–H and O–H groups in total. The van der Waals surface area contributed by atoms with Crippen LogP contribution >= 0.6 is 22.6 Å². The van der Waals surface area contributed by atoms with E-state index in [0.29, 0.717) is 1.44 Å². The summed E-state index contributed by atoms with van der Waals surface area (Å²) < 4.78 is 3.38. The summed E-state index contributed by atoms with van der Waals surface area (Å²) in [4.78, 5) is 0. The van der Waals surface area contributed by atoms with Crippen LogP contribution in [0.25, 0.3) is 0 Å². The molecule has 0 amide bonds. The van der Waals surface area contributed by atoms with Crippen molar-refractivity contribution in [3.05, 3.63) is 0 Å². The molecule has 0 saturated heterocycles. The molecule has 0 nitrogen and oxygen atoms in total. The number of halogens is 1. The predicted octanol–water partition coefficient (Wildman–Crippen LogP) is 5.42. The van der Waals surface area contributed by atoms with Gasteiger partial charge in [-0.1, -0.05) is 0 Å². The molecule has 2 heteroatoms. The Morgan fingerprint density at radius 1 is 0.786 bits per heavy atom. The summed E-state index contributed by atoms with van der Waals surface area (Å²) in [5, 5.41) is 0. The van der Waals surface area contributed by atoms with Gasteiger partial charge in [0.2, 0.25) is 0 Å². The molecule has 0 bridgehead atoms. The first-order valence-corrected chi connectivity index (χ1v) is 13.2. The summed E-state index contributed by atoms with van der Waals surface area (Å²) >= 11 is 0.635. The van der Waals surface area contributed by atoms with E-state index in [4.69, 9.17) is 0 Å². The van der Waals surface area contributed by atoms with Crippen molar-refractivity contribution in [2.24, 2.45) is 0 Å². The molecule has 0 unspecified atom stereocenters. The summed E-state index contributed by atoms with van der Waals surface area (Å²) in [6, 6.07) is 0. The molecule has 0 aliphatic heterocycles. The molecule has 0 aromatic carbocycles. The van der Waals surface area contributed by atoms with Crippen LogP contribution in [0.3, 0.4) is 0 Å². The van der Waals surface area contributed by atoms with E-state index in [9.17, 15) is 0 Å². The van der Waals surface area contributed by atoms with Crippen LogP contribution in [0.15, 0.2) is 0 Å². The quantitative estimate of drug-likeness (QED) is 0.326. The standard InChI is InChI=1S/C3H6I.3C3H7.Sn/c1-3(2)4;3*1-3-2;/h1-2H3;3*3H,1-2H3;. The van der Waals surface area contributed by atoms with Crippen molar-refractivity contribution in [1.29, 1.82) is 0 Å². The second-order valence-electron chi connectivity index (χ2n) is 5.87. The van der Waals surface area contributed by atoms with Gasteiger partial charge in [0.1, 0.15) is 0 Å². The van der Waals surface area contributed by atoms with Gasteiger partial charge in [-0.05, 0) is 0 Å². The molecule has 0 spiro atoms. The van der Waals surface area contributed by atoms with Crippen molar-refractivity contribution in [3.63, 3.8) is 0 Å². The molecule has 14 heavy (non-hydrogen) atoms. The molecule has 0 fully saturated rings. The first-order chi connectivity index (χ1) is 6.08. The van der Waals surface area contributed by atoms with Crippen molar-refractivity contribution < 1.29 is 0 Å². The number of alkyl halides is 1. The van der Waals surface area contributed by atoms with E-state index in [1.54, 1.807) is 0 Å². The fourth-order valence-electron chi connectivity index (χ4n) is 4.06. The van der Waals surface area contributed by atoms with Crippen LogP contribution in [0.1, 0.15) is 55.4 Å². The van der Waals surface area contributed by atoms with Crippen LogP contribution in [-0.4, -0.2) is 19.8 Å². The van der Waals surface area contributed by atoms with E-state index in [2.05, 4.69) is 78.0 Å². The monoisotopic (exact) mass is 418 g/mol. The van der Waals surface area contributed by atoms with Gasteiger partial charge in [-0.2, -0.15) is 0 Å². The van der Waals surface area contributed by atoms with Crippen LogP contribution in [-0.2, 0) is 0 Å². The molecule has 0 radical (unpaired) electrons. The summed E-state index contributed by atoms with van der Waals surface area (Å²) in [7, 11) is 0. The zero-order valence-electron chi connectivity index (χ0n) is 11.1. The van der Waals surface area contributed by atoms with Gasteiger partial charge in [-0.25, -0.2) is 0 Å². The average molecular weight is 417 g/mol. The Hall–Kier alpha value is 1.53. The second-order valence-corrected chi connectivity index (χ2v) is 30.3. The molecule has 0 rings (SSSR count). The van der Waals surface area contributed by atoms with Gasteiger partial charge in [0, 0.05) is 0 Å². The summed E-state index contributed by atoms with van der Waals surface area (Å²) in [6.07, 6.45) is 0. The maximum atomic E-state index is 2.73. The molecule has 86 valence electrons. The molecule has 0 aromatic rings. The maximum absolute atomic E-state index is 2.73. The van der Waals surface area contributed by atoms with E-state index >= 15 is 0 Å². The molecule has 0 aliphatic carbocycles. The minimum atomic E-state index is -2.10. The SMILES string of the molecule is C[CH](C)[Sn]([CH](C)C)([CH](C)C)[C](C)(C)I. The third-order valence-electron chi connectivity index (χ3n) is 3.90. The van der Waals surface area contributed by atoms with Crippen LogP contribution in [0, 0.1) is 0 Å². The van der Waals surface area contributed by atoms with E-state index in [0.717, 1.165) is 11.8 Å². The zero-order chi connectivity index (χ0) is 11.7. The number of hydrogen-bond acceptors (Lipinski definition) is 0. The van der Waals surface area contributed by atoms with E-state index in [-0.39, 0.29) is 0 Å². The Morgan fingerprint density at radius 3 is 1.00 bits per heavy atom. The molecule has 0 aliphatic rings. The van der Waals surface area contributed by atoms with Crippen molar-refractivity contribution in [2.75, 3.05) is 0 Å². The first-order valence-electron chi connectivity index (χ1n) is 5.77. The minimum absolute atomic E-state index is 0.558. The van der Waals surface area contributed by atoms with Crippen LogP contribution in [0.4, 0.5) is 0 Å². The van der Waals surface area contributed by atoms with Gasteiger partial charge in [0.15, 0.2) is 0 Å². The molecule has 0 aromatic heterocycles. The van der Waals surface area contributed by atoms with Gasteiger partial charge in [-0.3, -0.25) is 0 Å². The van der Waals surface area contributed by atoms with Crippen LogP contribution in [0.2, 0.25) is 11.8 Å². The summed E-state index contributed by atoms with van der Waals surface area (Å²) in [6.45, 7) is 19.8. The Bertz CT molecular complexity index is 155. The Kier molecular flexibility index (Phi) is 5.81. The van der Waals surface area contributed by atoms with E-state index < -0.39 is 18.4 Å². The zero-order valence-corrected chi connectivity index (χ0v) is 16.1. The fraction of sp³-hybridized carbons (Fsp3) is 1.00. The van der Waals surface area contributed by atoms with Gasteiger partial charge in [0.25, 0.3) is 0 Å². The van der Waals surface area contributed by atoms with Gasteiger partial charge in [0.05, 0.1) is 0 Å². The van der Waals surface area contributed by atoms with Crippen LogP contribution in [0.5, 0.6) is 0 Å². The first kappa shape index (κ1) is 15.5. The fourth-order valence-corrected chi connectivity index (χ4v) is 39.8. The number of hydrogen-bond donors (Lipinski definition) is 0. The Balaban J connectivity index is 5.40. The molecule has 0 saturated carbocycles. The number of rotatable bonds is 4. The Morgan fingerprint density at radius 2 is 1.00 bits per heavy atom. The van der Waals surface area contributed by atoms with Gasteiger partial charge in [-0.15, -0.1) is 0 Å². The van der Waals surface area contributed by atoms with Gasteiger partial charge >= 0.3 is 110 Å².